The van der Waals surface area contributed by atoms with Crippen molar-refractivity contribution in [2.45, 2.75) is 6.54 Å². The summed E-state index contributed by atoms with van der Waals surface area (Å²) < 4.78 is 6.31. The predicted octanol–water partition coefficient (Wildman–Crippen LogP) is 1.27. The monoisotopic (exact) mass is 412 g/mol. The summed E-state index contributed by atoms with van der Waals surface area (Å²) in [6.45, 7) is 0.884. The van der Waals surface area contributed by atoms with Crippen molar-refractivity contribution < 1.29 is 19.2 Å². The fourth-order valence-electron chi connectivity index (χ4n) is 2.32. The molecule has 0 bridgehead atoms. The average molecular weight is 413 g/mol. The molecule has 6 nitrogen and oxygen atoms in total. The predicted molar refractivity (Wildman–Crippen MR) is 97.6 cm³/mol. The van der Waals surface area contributed by atoms with Crippen LogP contribution in [-0.2, 0) is 11.3 Å². The molecule has 0 radical (unpaired) electrons. The molecular formula is C16H19BrN3O3S+. The molecule has 0 aliphatic rings. The summed E-state index contributed by atoms with van der Waals surface area (Å²) in [4.78, 5) is 24.5. The molecular weight excluding hydrogens is 394 g/mol. The van der Waals surface area contributed by atoms with E-state index >= 15 is 0 Å². The summed E-state index contributed by atoms with van der Waals surface area (Å²) >= 11 is 4.72. The lowest BCUT2D eigenvalue weighted by atomic mass is 10.2. The van der Waals surface area contributed by atoms with Gasteiger partial charge in [0.1, 0.15) is 17.3 Å². The van der Waals surface area contributed by atoms with E-state index in [0.29, 0.717) is 17.1 Å². The van der Waals surface area contributed by atoms with Crippen LogP contribution in [0, 0.1) is 0 Å². The number of ether oxygens (including phenoxy) is 1. The number of carbonyl (C=O) groups is 2. The van der Waals surface area contributed by atoms with Gasteiger partial charge < -0.3 is 20.7 Å². The summed E-state index contributed by atoms with van der Waals surface area (Å²) in [7, 11) is 3.54. The maximum absolute atomic E-state index is 12.2. The van der Waals surface area contributed by atoms with E-state index in [2.05, 4.69) is 21.2 Å². The zero-order valence-corrected chi connectivity index (χ0v) is 15.8. The van der Waals surface area contributed by atoms with Gasteiger partial charge in [0.05, 0.1) is 19.7 Å². The third-order valence-electron chi connectivity index (χ3n) is 3.38. The van der Waals surface area contributed by atoms with E-state index in [1.807, 2.05) is 25.2 Å². The molecule has 1 unspecified atom stereocenters. The largest absolute Gasteiger partial charge is 0.496 e. The molecule has 2 amide bonds. The van der Waals surface area contributed by atoms with Gasteiger partial charge in [0.2, 0.25) is 0 Å². The molecule has 1 aromatic heterocycles. The smallest absolute Gasteiger partial charge is 0.280 e. The van der Waals surface area contributed by atoms with Crippen molar-refractivity contribution in [3.8, 4) is 5.75 Å². The SMILES string of the molecule is COc1ccc(Br)cc1C[NH+](C)CC(=O)Nc1sccc1C(N)=O. The Hall–Kier alpha value is -1.90. The Kier molecular flexibility index (Phi) is 6.36. The number of benzene rings is 1. The third kappa shape index (κ3) is 4.80. The van der Waals surface area contributed by atoms with Crippen LogP contribution in [0.15, 0.2) is 34.1 Å². The van der Waals surface area contributed by atoms with Crippen LogP contribution in [0.3, 0.4) is 0 Å². The molecule has 0 fully saturated rings. The van der Waals surface area contributed by atoms with Gasteiger partial charge in [-0.25, -0.2) is 0 Å². The molecule has 2 rings (SSSR count). The van der Waals surface area contributed by atoms with Crippen LogP contribution in [0.1, 0.15) is 15.9 Å². The van der Waals surface area contributed by atoms with E-state index in [0.717, 1.165) is 20.7 Å². The number of carbonyl (C=O) groups excluding carboxylic acids is 2. The summed E-state index contributed by atoms with van der Waals surface area (Å²) in [5.74, 6) is 0.0600. The Morgan fingerprint density at radius 2 is 2.12 bits per heavy atom. The van der Waals surface area contributed by atoms with Crippen LogP contribution in [0.25, 0.3) is 0 Å². The summed E-state index contributed by atoms with van der Waals surface area (Å²) in [5.41, 5.74) is 6.62. The van der Waals surface area contributed by atoms with E-state index in [1.165, 1.54) is 11.3 Å². The molecule has 0 aliphatic heterocycles. The van der Waals surface area contributed by atoms with Gasteiger partial charge >= 0.3 is 0 Å². The number of methoxy groups -OCH3 is 1. The van der Waals surface area contributed by atoms with Gasteiger partial charge in [0, 0.05) is 10.0 Å². The van der Waals surface area contributed by atoms with Crippen molar-refractivity contribution in [3.05, 3.63) is 45.2 Å². The van der Waals surface area contributed by atoms with E-state index in [1.54, 1.807) is 18.6 Å². The fraction of sp³-hybridized carbons (Fsp3) is 0.250. The molecule has 4 N–H and O–H groups in total. The number of amides is 2. The second kappa shape index (κ2) is 8.27. The zero-order chi connectivity index (χ0) is 17.7. The van der Waals surface area contributed by atoms with Crippen molar-refractivity contribution in [2.24, 2.45) is 5.73 Å². The maximum Gasteiger partial charge on any atom is 0.280 e. The fourth-order valence-corrected chi connectivity index (χ4v) is 3.53. The summed E-state index contributed by atoms with van der Waals surface area (Å²) in [6.07, 6.45) is 0. The maximum atomic E-state index is 12.2. The number of anilines is 1. The van der Waals surface area contributed by atoms with Crippen LogP contribution in [0.4, 0.5) is 5.00 Å². The third-order valence-corrected chi connectivity index (χ3v) is 4.70. The number of nitrogens with two attached hydrogens (primary N) is 1. The number of likely N-dealkylation sites (N-methyl/N-ethyl adjacent to an activating group) is 1. The lowest BCUT2D eigenvalue weighted by Crippen LogP contribution is -3.08. The highest BCUT2D eigenvalue weighted by Gasteiger charge is 2.17. The minimum absolute atomic E-state index is 0.175. The van der Waals surface area contributed by atoms with E-state index in [4.69, 9.17) is 10.5 Å². The van der Waals surface area contributed by atoms with Gasteiger partial charge in [0.15, 0.2) is 6.54 Å². The Balaban J connectivity index is 1.98. The van der Waals surface area contributed by atoms with Crippen LogP contribution in [0.2, 0.25) is 0 Å². The Bertz CT molecular complexity index is 748. The van der Waals surface area contributed by atoms with Gasteiger partial charge in [-0.05, 0) is 29.6 Å². The van der Waals surface area contributed by atoms with Crippen molar-refractivity contribution in [1.29, 1.82) is 0 Å². The first-order chi connectivity index (χ1) is 11.4. The number of hydrogen-bond donors (Lipinski definition) is 3. The van der Waals surface area contributed by atoms with Crippen LogP contribution < -0.4 is 20.7 Å². The number of halogens is 1. The highest BCUT2D eigenvalue weighted by Crippen LogP contribution is 2.23. The van der Waals surface area contributed by atoms with Crippen molar-refractivity contribution >= 4 is 44.1 Å². The van der Waals surface area contributed by atoms with Gasteiger partial charge in [0.25, 0.3) is 11.8 Å². The first-order valence-electron chi connectivity index (χ1n) is 7.21. The molecule has 0 saturated heterocycles. The Morgan fingerprint density at radius 1 is 1.38 bits per heavy atom. The van der Waals surface area contributed by atoms with E-state index in [9.17, 15) is 9.59 Å². The second-order valence-corrected chi connectivity index (χ2v) is 7.17. The number of hydrogen-bond acceptors (Lipinski definition) is 4. The lowest BCUT2D eigenvalue weighted by Gasteiger charge is -2.16. The first kappa shape index (κ1) is 18.4. The summed E-state index contributed by atoms with van der Waals surface area (Å²) in [6, 6.07) is 7.38. The van der Waals surface area contributed by atoms with Crippen LogP contribution in [-0.4, -0.2) is 32.5 Å². The molecule has 1 aromatic carbocycles. The van der Waals surface area contributed by atoms with Crippen LogP contribution >= 0.6 is 27.3 Å². The number of quaternary nitrogens is 1. The molecule has 8 heteroatoms. The molecule has 1 heterocycles. The molecule has 1 atom stereocenters. The molecule has 0 spiro atoms. The Labute approximate surface area is 152 Å². The van der Waals surface area contributed by atoms with Gasteiger partial charge in [-0.1, -0.05) is 15.9 Å². The quantitative estimate of drug-likeness (QED) is 0.639. The first-order valence-corrected chi connectivity index (χ1v) is 8.89. The minimum Gasteiger partial charge on any atom is -0.496 e. The topological polar surface area (TPSA) is 85.9 Å². The zero-order valence-electron chi connectivity index (χ0n) is 13.4. The summed E-state index contributed by atoms with van der Waals surface area (Å²) in [5, 5.41) is 4.95. The molecule has 0 aliphatic carbocycles. The van der Waals surface area contributed by atoms with Crippen LogP contribution in [0.5, 0.6) is 5.75 Å². The van der Waals surface area contributed by atoms with Crippen molar-refractivity contribution in [3.63, 3.8) is 0 Å². The highest BCUT2D eigenvalue weighted by molar-refractivity contribution is 9.10. The molecule has 2 aromatic rings. The number of thiophene rings is 1. The van der Waals surface area contributed by atoms with Gasteiger partial charge in [-0.15, -0.1) is 11.3 Å². The van der Waals surface area contributed by atoms with Crippen molar-refractivity contribution in [1.82, 2.24) is 0 Å². The molecule has 0 saturated carbocycles. The lowest BCUT2D eigenvalue weighted by molar-refractivity contribution is -0.885. The average Bonchev–Trinajstić information content (AvgIpc) is 2.95. The molecule has 24 heavy (non-hydrogen) atoms. The second-order valence-electron chi connectivity index (χ2n) is 5.34. The van der Waals surface area contributed by atoms with E-state index < -0.39 is 5.91 Å². The number of rotatable bonds is 7. The van der Waals surface area contributed by atoms with Crippen molar-refractivity contribution in [2.75, 3.05) is 26.0 Å². The number of primary amides is 1. The Morgan fingerprint density at radius 3 is 2.79 bits per heavy atom. The minimum atomic E-state index is -0.550. The molecule has 128 valence electrons. The standard InChI is InChI=1S/C16H18BrN3O3S/c1-20(8-10-7-11(17)3-4-13(10)23-2)9-14(21)19-16-12(15(18)22)5-6-24-16/h3-7H,8-9H2,1-2H3,(H2,18,22)(H,19,21)/p+1. The van der Waals surface area contributed by atoms with Gasteiger partial charge in [-0.3, -0.25) is 9.59 Å². The van der Waals surface area contributed by atoms with E-state index in [-0.39, 0.29) is 12.5 Å². The highest BCUT2D eigenvalue weighted by atomic mass is 79.9. The van der Waals surface area contributed by atoms with Gasteiger partial charge in [-0.2, -0.15) is 0 Å². The number of nitrogens with one attached hydrogen (secondary N) is 2. The normalized spacial score (nSPS) is 11.8.